The van der Waals surface area contributed by atoms with Gasteiger partial charge in [-0.1, -0.05) is 38.5 Å². The van der Waals surface area contributed by atoms with E-state index in [2.05, 4.69) is 18.7 Å². The molecular formula is C30H52Cl2N4O5. The smallest absolute Gasteiger partial charge is 0.278 e. The van der Waals surface area contributed by atoms with Crippen molar-refractivity contribution in [1.29, 1.82) is 0 Å². The summed E-state index contributed by atoms with van der Waals surface area (Å²) in [5, 5.41) is 21.8. The minimum Gasteiger partial charge on any atom is -1.00 e. The van der Waals surface area contributed by atoms with Gasteiger partial charge in [0, 0.05) is 30.6 Å². The largest absolute Gasteiger partial charge is 1.00 e. The SMILES string of the molecule is CC[NH+](CC)CCC[NH+](CC(=O)N(C1CCCCC1)C1CCCCC1)CC(O)COc1ccc([N+](=O)[O-])cc1.[Cl-].[Cl-]. The number of nitro benzene ring substituents is 1. The van der Waals surface area contributed by atoms with Gasteiger partial charge >= 0.3 is 0 Å². The second kappa shape index (κ2) is 20.3. The third-order valence-electron chi connectivity index (χ3n) is 8.70. The molecule has 0 radical (unpaired) electrons. The molecule has 3 rings (SSSR count). The highest BCUT2D eigenvalue weighted by molar-refractivity contribution is 5.78. The first-order valence-corrected chi connectivity index (χ1v) is 15.4. The van der Waals surface area contributed by atoms with Crippen LogP contribution in [0.15, 0.2) is 24.3 Å². The van der Waals surface area contributed by atoms with Gasteiger partial charge in [-0.15, -0.1) is 0 Å². The number of carbonyl (C=O) groups is 1. The van der Waals surface area contributed by atoms with Crippen LogP contribution < -0.4 is 39.4 Å². The molecular weight excluding hydrogens is 567 g/mol. The predicted octanol–water partition coefficient (Wildman–Crippen LogP) is -3.96. The summed E-state index contributed by atoms with van der Waals surface area (Å²) >= 11 is 0. The lowest BCUT2D eigenvalue weighted by atomic mass is 9.88. The van der Waals surface area contributed by atoms with E-state index in [1.165, 1.54) is 50.7 Å². The van der Waals surface area contributed by atoms with Crippen LogP contribution in [0.1, 0.15) is 84.5 Å². The lowest BCUT2D eigenvalue weighted by molar-refractivity contribution is -0.915. The number of nitrogens with one attached hydrogen (secondary N) is 2. The standard InChI is InChI=1S/C30H50N4O5.2ClH/c1-3-31(4-2)20-11-21-32(22-28(35)24-39-29-18-16-27(17-19-29)34(37)38)23-30(36)33(25-12-7-5-8-13-25)26-14-9-6-10-15-26;;/h16-19,25-26,28,35H,3-15,20-24H2,1-2H3;2*1H. The predicted molar refractivity (Wildman–Crippen MR) is 152 cm³/mol. The summed E-state index contributed by atoms with van der Waals surface area (Å²) in [6.45, 7) is 9.44. The molecule has 1 aromatic carbocycles. The first-order chi connectivity index (χ1) is 18.9. The van der Waals surface area contributed by atoms with Crippen LogP contribution in [0, 0.1) is 10.1 Å². The first kappa shape index (κ1) is 37.4. The zero-order valence-electron chi connectivity index (χ0n) is 25.0. The summed E-state index contributed by atoms with van der Waals surface area (Å²) in [5.41, 5.74) is 0.00727. The van der Waals surface area contributed by atoms with Crippen LogP contribution in [0.25, 0.3) is 0 Å². The van der Waals surface area contributed by atoms with Gasteiger partial charge in [-0.3, -0.25) is 14.9 Å². The normalized spacial score (nSPS) is 17.7. The second-order valence-electron chi connectivity index (χ2n) is 11.5. The molecule has 11 heteroatoms. The van der Waals surface area contributed by atoms with E-state index in [0.717, 1.165) is 63.2 Å². The molecule has 2 atom stereocenters. The molecule has 3 N–H and O–H groups in total. The van der Waals surface area contributed by atoms with Gasteiger partial charge in [-0.2, -0.15) is 0 Å². The van der Waals surface area contributed by atoms with E-state index >= 15 is 0 Å². The molecule has 0 aliphatic heterocycles. The van der Waals surface area contributed by atoms with Crippen LogP contribution in [0.3, 0.4) is 0 Å². The molecule has 9 nitrogen and oxygen atoms in total. The fourth-order valence-electron chi connectivity index (χ4n) is 6.43. The summed E-state index contributed by atoms with van der Waals surface area (Å²) in [5.74, 6) is 0.741. The van der Waals surface area contributed by atoms with Crippen molar-refractivity contribution in [3.63, 3.8) is 0 Å². The Hall–Kier alpha value is -1.65. The van der Waals surface area contributed by atoms with E-state index in [1.807, 2.05) is 0 Å². The molecule has 0 bridgehead atoms. The fraction of sp³-hybridized carbons (Fsp3) is 0.767. The highest BCUT2D eigenvalue weighted by Crippen LogP contribution is 2.30. The van der Waals surface area contributed by atoms with E-state index in [-0.39, 0.29) is 43.0 Å². The number of quaternary nitrogens is 2. The van der Waals surface area contributed by atoms with Crippen LogP contribution in [0.2, 0.25) is 0 Å². The maximum atomic E-state index is 13.9. The fourth-order valence-corrected chi connectivity index (χ4v) is 6.43. The molecule has 2 unspecified atom stereocenters. The van der Waals surface area contributed by atoms with E-state index < -0.39 is 11.0 Å². The minimum absolute atomic E-state index is 0. The van der Waals surface area contributed by atoms with Crippen LogP contribution >= 0.6 is 0 Å². The monoisotopic (exact) mass is 618 g/mol. The first-order valence-electron chi connectivity index (χ1n) is 15.4. The summed E-state index contributed by atoms with van der Waals surface area (Å²) in [6.07, 6.45) is 12.1. The average Bonchev–Trinajstić information content (AvgIpc) is 2.95. The highest BCUT2D eigenvalue weighted by atomic mass is 35.5. The van der Waals surface area contributed by atoms with Crippen molar-refractivity contribution in [2.45, 2.75) is 103 Å². The molecule has 2 saturated carbocycles. The van der Waals surface area contributed by atoms with Gasteiger partial charge in [-0.05, 0) is 51.7 Å². The number of carbonyl (C=O) groups excluding carboxylic acids is 1. The molecule has 1 aromatic rings. The Morgan fingerprint density at radius 3 is 1.95 bits per heavy atom. The molecule has 2 aliphatic carbocycles. The van der Waals surface area contributed by atoms with Crippen LogP contribution in [-0.2, 0) is 4.79 Å². The molecule has 0 heterocycles. The maximum absolute atomic E-state index is 13.9. The highest BCUT2D eigenvalue weighted by Gasteiger charge is 2.34. The molecule has 0 aromatic heterocycles. The van der Waals surface area contributed by atoms with Crippen LogP contribution in [0.5, 0.6) is 5.75 Å². The van der Waals surface area contributed by atoms with Crippen LogP contribution in [-0.4, -0.2) is 84.9 Å². The molecule has 0 spiro atoms. The number of rotatable bonds is 16. The van der Waals surface area contributed by atoms with Gasteiger partial charge < -0.3 is 49.4 Å². The molecule has 41 heavy (non-hydrogen) atoms. The topological polar surface area (TPSA) is 102 Å². The van der Waals surface area contributed by atoms with Crippen LogP contribution in [0.4, 0.5) is 5.69 Å². The minimum atomic E-state index is -0.735. The van der Waals surface area contributed by atoms with Crippen molar-refractivity contribution in [2.75, 3.05) is 45.9 Å². The van der Waals surface area contributed by atoms with E-state index in [1.54, 1.807) is 17.0 Å². The van der Waals surface area contributed by atoms with E-state index in [4.69, 9.17) is 4.74 Å². The third kappa shape index (κ3) is 12.6. The molecule has 236 valence electrons. The number of aliphatic hydroxyl groups excluding tert-OH is 1. The number of nitrogens with zero attached hydrogens (tertiary/aromatic N) is 2. The van der Waals surface area contributed by atoms with Gasteiger partial charge in [0.25, 0.3) is 11.6 Å². The van der Waals surface area contributed by atoms with Gasteiger partial charge in [0.2, 0.25) is 0 Å². The Bertz CT molecular complexity index is 845. The Morgan fingerprint density at radius 2 is 1.46 bits per heavy atom. The maximum Gasteiger partial charge on any atom is 0.278 e. The Balaban J connectivity index is 0.00000420. The Morgan fingerprint density at radius 1 is 0.951 bits per heavy atom. The number of amides is 1. The van der Waals surface area contributed by atoms with Crippen molar-refractivity contribution >= 4 is 11.6 Å². The third-order valence-corrected chi connectivity index (χ3v) is 8.70. The van der Waals surface area contributed by atoms with Gasteiger partial charge in [0.1, 0.15) is 25.0 Å². The quantitative estimate of drug-likeness (QED) is 0.130. The molecule has 0 saturated heterocycles. The van der Waals surface area contributed by atoms with E-state index in [9.17, 15) is 20.0 Å². The Labute approximate surface area is 258 Å². The number of hydrogen-bond donors (Lipinski definition) is 3. The molecule has 2 aliphatic rings. The summed E-state index contributed by atoms with van der Waals surface area (Å²) in [6, 6.07) is 6.64. The Kier molecular flexibility index (Phi) is 18.5. The number of halogens is 2. The molecule has 2 fully saturated rings. The zero-order valence-corrected chi connectivity index (χ0v) is 26.5. The average molecular weight is 620 g/mol. The number of ether oxygens (including phenoxy) is 1. The van der Waals surface area contributed by atoms with Crippen molar-refractivity contribution in [2.24, 2.45) is 0 Å². The van der Waals surface area contributed by atoms with Crippen molar-refractivity contribution < 1.29 is 54.2 Å². The summed E-state index contributed by atoms with van der Waals surface area (Å²) in [4.78, 5) is 29.3. The summed E-state index contributed by atoms with van der Waals surface area (Å²) < 4.78 is 5.74. The second-order valence-corrected chi connectivity index (χ2v) is 11.5. The lowest BCUT2D eigenvalue weighted by Crippen LogP contribution is -3.16. The number of aliphatic hydroxyl groups is 1. The van der Waals surface area contributed by atoms with E-state index in [0.29, 0.717) is 30.9 Å². The van der Waals surface area contributed by atoms with Crippen molar-refractivity contribution in [3.8, 4) is 5.75 Å². The van der Waals surface area contributed by atoms with Crippen molar-refractivity contribution in [1.82, 2.24) is 4.90 Å². The summed E-state index contributed by atoms with van der Waals surface area (Å²) in [7, 11) is 0. The number of benzene rings is 1. The number of nitro groups is 1. The zero-order chi connectivity index (χ0) is 28.0. The number of hydrogen-bond acceptors (Lipinski definition) is 5. The van der Waals surface area contributed by atoms with Crippen molar-refractivity contribution in [3.05, 3.63) is 34.4 Å². The van der Waals surface area contributed by atoms with Gasteiger partial charge in [0.15, 0.2) is 6.54 Å². The van der Waals surface area contributed by atoms with Gasteiger partial charge in [-0.25, -0.2) is 0 Å². The number of non-ortho nitro benzene ring substituents is 1. The van der Waals surface area contributed by atoms with Gasteiger partial charge in [0.05, 0.1) is 31.1 Å². The lowest BCUT2D eigenvalue weighted by Gasteiger charge is -2.42. The molecule has 1 amide bonds.